The average molecular weight is 437 g/mol. The summed E-state index contributed by atoms with van der Waals surface area (Å²) in [6, 6.07) is 4.35. The van der Waals surface area contributed by atoms with E-state index in [9.17, 15) is 23.1 Å². The van der Waals surface area contributed by atoms with Crippen LogP contribution >= 0.6 is 11.3 Å². The molecular weight excluding hydrogens is 412 g/mol. The molecule has 1 aromatic heterocycles. The highest BCUT2D eigenvalue weighted by Crippen LogP contribution is 2.28. The highest BCUT2D eigenvalue weighted by molar-refractivity contribution is 7.89. The minimum Gasteiger partial charge on any atom is -0.478 e. The van der Waals surface area contributed by atoms with Gasteiger partial charge >= 0.3 is 5.97 Å². The van der Waals surface area contributed by atoms with Gasteiger partial charge in [-0.15, -0.1) is 16.2 Å². The number of fused-ring (bicyclic) bond motifs is 1. The van der Waals surface area contributed by atoms with E-state index in [0.717, 1.165) is 31.7 Å². The second-order valence-corrected chi connectivity index (χ2v) is 10.0. The third-order valence-corrected chi connectivity index (χ3v) is 7.79. The summed E-state index contributed by atoms with van der Waals surface area (Å²) in [6.45, 7) is 3.23. The number of rotatable bonds is 5. The molecule has 29 heavy (non-hydrogen) atoms. The van der Waals surface area contributed by atoms with E-state index in [1.165, 1.54) is 40.7 Å². The zero-order chi connectivity index (χ0) is 21.2. The molecule has 156 valence electrons. The minimum absolute atomic E-state index is 0.127. The van der Waals surface area contributed by atoms with Crippen LogP contribution in [-0.2, 0) is 22.9 Å². The number of carboxylic acids is 1. The Labute approximate surface area is 174 Å². The normalized spacial score (nSPS) is 14.6. The summed E-state index contributed by atoms with van der Waals surface area (Å²) >= 11 is 1.40. The highest BCUT2D eigenvalue weighted by atomic mass is 32.2. The van der Waals surface area contributed by atoms with Crippen LogP contribution in [0, 0.1) is 13.8 Å². The van der Waals surface area contributed by atoms with Crippen LogP contribution in [0.2, 0.25) is 0 Å². The lowest BCUT2D eigenvalue weighted by molar-refractivity contribution is 0.0696. The van der Waals surface area contributed by atoms with Gasteiger partial charge in [0.1, 0.15) is 0 Å². The molecule has 1 heterocycles. The summed E-state index contributed by atoms with van der Waals surface area (Å²) in [4.78, 5) is 27.4. The third kappa shape index (κ3) is 4.85. The van der Waals surface area contributed by atoms with Crippen LogP contribution in [0.4, 0.5) is 0 Å². The smallest absolute Gasteiger partial charge is 0.335 e. The summed E-state index contributed by atoms with van der Waals surface area (Å²) < 4.78 is 25.4. The Morgan fingerprint density at radius 2 is 1.72 bits per heavy atom. The molecule has 0 fully saturated rings. The first-order valence-corrected chi connectivity index (χ1v) is 11.8. The van der Waals surface area contributed by atoms with Crippen molar-refractivity contribution in [3.05, 3.63) is 50.2 Å². The van der Waals surface area contributed by atoms with Crippen molar-refractivity contribution >= 4 is 33.2 Å². The minimum atomic E-state index is -4.13. The van der Waals surface area contributed by atoms with Crippen LogP contribution in [0.25, 0.3) is 0 Å². The monoisotopic (exact) mass is 436 g/mol. The average Bonchev–Trinajstić information content (AvgIpc) is 3.03. The van der Waals surface area contributed by atoms with Crippen LogP contribution in [0.5, 0.6) is 0 Å². The van der Waals surface area contributed by atoms with E-state index in [0.29, 0.717) is 16.0 Å². The first-order valence-electron chi connectivity index (χ1n) is 9.47. The number of thiophene rings is 1. The predicted octanol–water partition coefficient (Wildman–Crippen LogP) is 3.35. The molecule has 0 saturated heterocycles. The fraction of sp³-hybridized carbons (Fsp3) is 0.400. The molecule has 0 bridgehead atoms. The van der Waals surface area contributed by atoms with Crippen molar-refractivity contribution in [3.63, 3.8) is 0 Å². The molecule has 0 radical (unpaired) electrons. The van der Waals surface area contributed by atoms with Crippen LogP contribution < -0.4 is 10.3 Å². The molecule has 1 amide bonds. The molecule has 2 aromatic rings. The lowest BCUT2D eigenvalue weighted by atomic mass is 10.00. The second-order valence-electron chi connectivity index (χ2n) is 7.25. The Bertz CT molecular complexity index is 1030. The van der Waals surface area contributed by atoms with Crippen LogP contribution in [0.1, 0.15) is 67.3 Å². The summed E-state index contributed by atoms with van der Waals surface area (Å²) in [7, 11) is -4.13. The molecule has 3 N–H and O–H groups in total. The molecule has 0 saturated carbocycles. The maximum absolute atomic E-state index is 12.7. The zero-order valence-corrected chi connectivity index (χ0v) is 18.0. The van der Waals surface area contributed by atoms with Crippen LogP contribution in [0.3, 0.4) is 0 Å². The molecule has 7 nitrogen and oxygen atoms in total. The van der Waals surface area contributed by atoms with Crippen LogP contribution in [-0.4, -0.2) is 25.4 Å². The van der Waals surface area contributed by atoms with E-state index in [2.05, 4.69) is 10.3 Å². The molecular formula is C20H24N2O5S2. The van der Waals surface area contributed by atoms with Crippen molar-refractivity contribution in [2.45, 2.75) is 57.3 Å². The van der Waals surface area contributed by atoms with Gasteiger partial charge in [-0.2, -0.15) is 0 Å². The van der Waals surface area contributed by atoms with E-state index < -0.39 is 21.9 Å². The number of hydrazine groups is 1. The van der Waals surface area contributed by atoms with Crippen molar-refractivity contribution in [2.24, 2.45) is 0 Å². The van der Waals surface area contributed by atoms with Gasteiger partial charge in [-0.1, -0.05) is 12.8 Å². The van der Waals surface area contributed by atoms with Crippen molar-refractivity contribution in [1.29, 1.82) is 0 Å². The molecule has 3 rings (SSSR count). The molecule has 0 aliphatic heterocycles. The van der Waals surface area contributed by atoms with Gasteiger partial charge in [-0.25, -0.2) is 13.2 Å². The summed E-state index contributed by atoms with van der Waals surface area (Å²) in [5, 5.41) is 9.19. The maximum Gasteiger partial charge on any atom is 0.335 e. The summed E-state index contributed by atoms with van der Waals surface area (Å²) in [6.07, 6.45) is 6.44. The Balaban J connectivity index is 1.78. The summed E-state index contributed by atoms with van der Waals surface area (Å²) in [5.41, 5.74) is 4.27. The topological polar surface area (TPSA) is 113 Å². The Hall–Kier alpha value is -2.23. The quantitative estimate of drug-likeness (QED) is 0.622. The number of aryl methyl sites for hydroxylation is 3. The molecule has 1 aliphatic rings. The van der Waals surface area contributed by atoms with Gasteiger partial charge in [0.15, 0.2) is 0 Å². The van der Waals surface area contributed by atoms with E-state index in [1.54, 1.807) is 13.8 Å². The maximum atomic E-state index is 12.7. The Kier molecular flexibility index (Phi) is 6.40. The largest absolute Gasteiger partial charge is 0.478 e. The Morgan fingerprint density at radius 1 is 1.03 bits per heavy atom. The Morgan fingerprint density at radius 3 is 2.41 bits per heavy atom. The summed E-state index contributed by atoms with van der Waals surface area (Å²) in [5.74, 6) is -1.74. The fourth-order valence-electron chi connectivity index (χ4n) is 3.42. The van der Waals surface area contributed by atoms with E-state index in [4.69, 9.17) is 0 Å². The van der Waals surface area contributed by atoms with Crippen LogP contribution in [0.15, 0.2) is 23.1 Å². The number of carbonyl (C=O) groups excluding carboxylic acids is 1. The molecule has 0 atom stereocenters. The van der Waals surface area contributed by atoms with Crippen molar-refractivity contribution in [1.82, 2.24) is 10.3 Å². The standard InChI is InChI=1S/C20H24N2O5S2/c1-12-9-15(20(24)25)11-18(13(12)2)29(26,27)22-21-19(23)17-10-14-7-5-3-4-6-8-16(14)28-17/h9-11,22H,3-8H2,1-2H3,(H,21,23)(H,24,25). The molecule has 1 aliphatic carbocycles. The number of hydrogen-bond donors (Lipinski definition) is 3. The van der Waals surface area contributed by atoms with Crippen molar-refractivity contribution in [3.8, 4) is 0 Å². The van der Waals surface area contributed by atoms with Gasteiger partial charge in [0.05, 0.1) is 15.3 Å². The van der Waals surface area contributed by atoms with Gasteiger partial charge in [0, 0.05) is 4.88 Å². The number of sulfonamides is 1. The predicted molar refractivity (Wildman–Crippen MR) is 111 cm³/mol. The number of carboxylic acid groups (broad SMARTS) is 1. The first kappa shape index (κ1) is 21.5. The van der Waals surface area contributed by atoms with E-state index in [1.807, 2.05) is 6.07 Å². The molecule has 0 spiro atoms. The highest BCUT2D eigenvalue weighted by Gasteiger charge is 2.23. The number of carbonyl (C=O) groups is 2. The van der Waals surface area contributed by atoms with Gasteiger partial charge in [0.2, 0.25) is 0 Å². The molecule has 0 unspecified atom stereocenters. The van der Waals surface area contributed by atoms with E-state index >= 15 is 0 Å². The van der Waals surface area contributed by atoms with E-state index in [-0.39, 0.29) is 10.5 Å². The number of benzene rings is 1. The van der Waals surface area contributed by atoms with Crippen molar-refractivity contribution in [2.75, 3.05) is 0 Å². The fourth-order valence-corrected chi connectivity index (χ4v) is 5.75. The first-order chi connectivity index (χ1) is 13.7. The SMILES string of the molecule is Cc1cc(C(=O)O)cc(S(=O)(=O)NNC(=O)c2cc3c(s2)CCCCCC3)c1C. The van der Waals surface area contributed by atoms with Gasteiger partial charge in [-0.05, 0) is 74.4 Å². The number of aromatic carboxylic acids is 1. The number of nitrogens with one attached hydrogen (secondary N) is 2. The third-order valence-electron chi connectivity index (χ3n) is 5.18. The second kappa shape index (κ2) is 8.64. The van der Waals surface area contributed by atoms with Gasteiger partial charge in [-0.3, -0.25) is 10.2 Å². The van der Waals surface area contributed by atoms with Gasteiger partial charge in [0.25, 0.3) is 15.9 Å². The number of hydrogen-bond acceptors (Lipinski definition) is 5. The number of amides is 1. The molecule has 9 heteroatoms. The van der Waals surface area contributed by atoms with Gasteiger partial charge < -0.3 is 5.11 Å². The zero-order valence-electron chi connectivity index (χ0n) is 16.4. The van der Waals surface area contributed by atoms with Crippen molar-refractivity contribution < 1.29 is 23.1 Å². The lowest BCUT2D eigenvalue weighted by Gasteiger charge is -2.12. The molecule has 1 aromatic carbocycles. The lowest BCUT2D eigenvalue weighted by Crippen LogP contribution is -2.41.